The van der Waals surface area contributed by atoms with Crippen molar-refractivity contribution in [2.45, 2.75) is 6.42 Å². The van der Waals surface area contributed by atoms with Gasteiger partial charge in [0.05, 0.1) is 5.56 Å². The lowest BCUT2D eigenvalue weighted by atomic mass is 10.2. The number of primary amides is 1. The van der Waals surface area contributed by atoms with Crippen molar-refractivity contribution < 1.29 is 14.3 Å². The molecule has 0 saturated carbocycles. The van der Waals surface area contributed by atoms with Crippen LogP contribution in [0.1, 0.15) is 16.8 Å². The van der Waals surface area contributed by atoms with Crippen LogP contribution in [0.3, 0.4) is 0 Å². The van der Waals surface area contributed by atoms with E-state index in [0.717, 1.165) is 0 Å². The molecule has 0 heterocycles. The van der Waals surface area contributed by atoms with Gasteiger partial charge in [-0.1, -0.05) is 12.1 Å². The van der Waals surface area contributed by atoms with E-state index in [0.29, 0.717) is 25.3 Å². The monoisotopic (exact) mass is 251 g/mol. The smallest absolute Gasteiger partial charge is 0.257 e. The first-order valence-corrected chi connectivity index (χ1v) is 5.63. The summed E-state index contributed by atoms with van der Waals surface area (Å²) in [6.45, 7) is 0.872. The number of nitrogens with two attached hydrogens (primary N) is 2. The van der Waals surface area contributed by atoms with Crippen LogP contribution in [0.15, 0.2) is 24.3 Å². The lowest BCUT2D eigenvalue weighted by molar-refractivity contribution is -0.123. The van der Waals surface area contributed by atoms with E-state index in [1.54, 1.807) is 24.3 Å². The molecule has 6 nitrogen and oxygen atoms in total. The summed E-state index contributed by atoms with van der Waals surface area (Å²) >= 11 is 0. The van der Waals surface area contributed by atoms with Gasteiger partial charge in [0.15, 0.2) is 6.61 Å². The number of nitrogens with one attached hydrogen (secondary N) is 1. The Morgan fingerprint density at radius 3 is 2.67 bits per heavy atom. The Morgan fingerprint density at radius 1 is 1.28 bits per heavy atom. The molecule has 0 fully saturated rings. The van der Waals surface area contributed by atoms with Crippen LogP contribution in [0.2, 0.25) is 0 Å². The second kappa shape index (κ2) is 7.29. The van der Waals surface area contributed by atoms with Crippen LogP contribution in [0.25, 0.3) is 0 Å². The fourth-order valence-electron chi connectivity index (χ4n) is 1.32. The topological polar surface area (TPSA) is 107 Å². The molecular weight excluding hydrogens is 234 g/mol. The lowest BCUT2D eigenvalue weighted by Gasteiger charge is -2.09. The first kappa shape index (κ1) is 14.0. The predicted octanol–water partition coefficient (Wildman–Crippen LogP) is -0.371. The van der Waals surface area contributed by atoms with Gasteiger partial charge in [-0.15, -0.1) is 0 Å². The third-order valence-electron chi connectivity index (χ3n) is 2.21. The average molecular weight is 251 g/mol. The number of hydrogen-bond acceptors (Lipinski definition) is 4. The summed E-state index contributed by atoms with van der Waals surface area (Å²) in [6, 6.07) is 6.51. The van der Waals surface area contributed by atoms with Crippen molar-refractivity contribution in [1.82, 2.24) is 5.32 Å². The van der Waals surface area contributed by atoms with Crippen LogP contribution in [-0.4, -0.2) is 31.5 Å². The molecule has 0 saturated heterocycles. The van der Waals surface area contributed by atoms with Gasteiger partial charge in [0.2, 0.25) is 0 Å². The molecule has 0 bridgehead atoms. The largest absolute Gasteiger partial charge is 0.483 e. The number of rotatable bonds is 7. The maximum Gasteiger partial charge on any atom is 0.257 e. The van der Waals surface area contributed by atoms with E-state index in [1.807, 2.05) is 0 Å². The molecule has 0 radical (unpaired) electrons. The van der Waals surface area contributed by atoms with Crippen molar-refractivity contribution in [3.8, 4) is 5.75 Å². The highest BCUT2D eigenvalue weighted by molar-refractivity contribution is 5.95. The normalized spacial score (nSPS) is 9.83. The molecule has 0 spiro atoms. The van der Waals surface area contributed by atoms with Gasteiger partial charge in [0, 0.05) is 6.54 Å². The number of amides is 2. The van der Waals surface area contributed by atoms with Gasteiger partial charge in [-0.05, 0) is 25.1 Å². The van der Waals surface area contributed by atoms with Gasteiger partial charge in [-0.2, -0.15) is 0 Å². The minimum Gasteiger partial charge on any atom is -0.483 e. The summed E-state index contributed by atoms with van der Waals surface area (Å²) in [7, 11) is 0. The van der Waals surface area contributed by atoms with E-state index in [4.69, 9.17) is 16.2 Å². The summed E-state index contributed by atoms with van der Waals surface area (Å²) in [5.74, 6) is -0.546. The Bertz CT molecular complexity index is 421. The van der Waals surface area contributed by atoms with Gasteiger partial charge < -0.3 is 21.5 Å². The molecule has 0 unspecified atom stereocenters. The SMILES string of the molecule is NCCCNC(=O)COc1ccccc1C(N)=O. The number of benzene rings is 1. The van der Waals surface area contributed by atoms with E-state index in [-0.39, 0.29) is 18.1 Å². The molecule has 1 aromatic carbocycles. The van der Waals surface area contributed by atoms with Crippen molar-refractivity contribution in [2.24, 2.45) is 11.5 Å². The highest BCUT2D eigenvalue weighted by Gasteiger charge is 2.09. The standard InChI is InChI=1S/C12H17N3O3/c13-6-3-7-15-11(16)8-18-10-5-2-1-4-9(10)12(14)17/h1-2,4-5H,3,6-8,13H2,(H2,14,17)(H,15,16). The van der Waals surface area contributed by atoms with Gasteiger partial charge in [0.1, 0.15) is 5.75 Å². The number of ether oxygens (including phenoxy) is 1. The lowest BCUT2D eigenvalue weighted by Crippen LogP contribution is -2.31. The molecule has 0 aliphatic rings. The summed E-state index contributed by atoms with van der Waals surface area (Å²) in [5.41, 5.74) is 10.7. The van der Waals surface area contributed by atoms with Crippen molar-refractivity contribution in [3.63, 3.8) is 0 Å². The highest BCUT2D eigenvalue weighted by atomic mass is 16.5. The van der Waals surface area contributed by atoms with Crippen molar-refractivity contribution >= 4 is 11.8 Å². The fourth-order valence-corrected chi connectivity index (χ4v) is 1.32. The zero-order chi connectivity index (χ0) is 13.4. The zero-order valence-corrected chi connectivity index (χ0v) is 10.0. The van der Waals surface area contributed by atoms with Gasteiger partial charge >= 0.3 is 0 Å². The quantitative estimate of drug-likeness (QED) is 0.574. The summed E-state index contributed by atoms with van der Waals surface area (Å²) in [5, 5.41) is 2.64. The number of hydrogen-bond donors (Lipinski definition) is 3. The summed E-state index contributed by atoms with van der Waals surface area (Å²) in [6.07, 6.45) is 0.712. The van der Waals surface area contributed by atoms with Crippen LogP contribution in [0.5, 0.6) is 5.75 Å². The Balaban J connectivity index is 2.48. The molecule has 0 aliphatic heterocycles. The Labute approximate surface area is 105 Å². The third-order valence-corrected chi connectivity index (χ3v) is 2.21. The van der Waals surface area contributed by atoms with Crippen LogP contribution in [0, 0.1) is 0 Å². The van der Waals surface area contributed by atoms with Crippen molar-refractivity contribution in [1.29, 1.82) is 0 Å². The summed E-state index contributed by atoms with van der Waals surface area (Å²) in [4.78, 5) is 22.5. The minimum atomic E-state index is -0.589. The molecule has 2 amide bonds. The van der Waals surface area contributed by atoms with Crippen molar-refractivity contribution in [2.75, 3.05) is 19.7 Å². The first-order chi connectivity index (χ1) is 8.65. The van der Waals surface area contributed by atoms with E-state index in [1.165, 1.54) is 0 Å². The van der Waals surface area contributed by atoms with Gasteiger partial charge in [-0.3, -0.25) is 9.59 Å². The molecule has 0 aliphatic carbocycles. The molecule has 18 heavy (non-hydrogen) atoms. The minimum absolute atomic E-state index is 0.158. The van der Waals surface area contributed by atoms with E-state index < -0.39 is 5.91 Å². The maximum absolute atomic E-state index is 11.4. The second-order valence-corrected chi connectivity index (χ2v) is 3.64. The maximum atomic E-state index is 11.4. The molecule has 98 valence electrons. The molecule has 5 N–H and O–H groups in total. The van der Waals surface area contributed by atoms with Crippen LogP contribution >= 0.6 is 0 Å². The third kappa shape index (κ3) is 4.42. The Kier molecular flexibility index (Phi) is 5.66. The van der Waals surface area contributed by atoms with Crippen LogP contribution in [0.4, 0.5) is 0 Å². The van der Waals surface area contributed by atoms with E-state index in [9.17, 15) is 9.59 Å². The Morgan fingerprint density at radius 2 is 2.00 bits per heavy atom. The van der Waals surface area contributed by atoms with Gasteiger partial charge in [-0.25, -0.2) is 0 Å². The molecule has 6 heteroatoms. The molecular formula is C12H17N3O3. The molecule has 0 atom stereocenters. The number of carbonyl (C=O) groups is 2. The van der Waals surface area contributed by atoms with Crippen LogP contribution in [-0.2, 0) is 4.79 Å². The van der Waals surface area contributed by atoms with Gasteiger partial charge in [0.25, 0.3) is 11.8 Å². The predicted molar refractivity (Wildman–Crippen MR) is 67.1 cm³/mol. The van der Waals surface area contributed by atoms with Crippen molar-refractivity contribution in [3.05, 3.63) is 29.8 Å². The summed E-state index contributed by atoms with van der Waals surface area (Å²) < 4.78 is 5.25. The van der Waals surface area contributed by atoms with E-state index >= 15 is 0 Å². The van der Waals surface area contributed by atoms with Crippen LogP contribution < -0.4 is 21.5 Å². The van der Waals surface area contributed by atoms with E-state index in [2.05, 4.69) is 5.32 Å². The zero-order valence-electron chi connectivity index (χ0n) is 10.0. The average Bonchev–Trinajstić information content (AvgIpc) is 2.37. The molecule has 0 aromatic heterocycles. The number of para-hydroxylation sites is 1. The highest BCUT2D eigenvalue weighted by Crippen LogP contribution is 2.16. The fraction of sp³-hybridized carbons (Fsp3) is 0.333. The molecule has 1 aromatic rings. The second-order valence-electron chi connectivity index (χ2n) is 3.64. The molecule has 1 rings (SSSR count). The first-order valence-electron chi connectivity index (χ1n) is 5.63. The Hall–Kier alpha value is -2.08. The number of carbonyl (C=O) groups excluding carboxylic acids is 2.